The summed E-state index contributed by atoms with van der Waals surface area (Å²) in [5, 5.41) is 0. The highest BCUT2D eigenvalue weighted by Crippen LogP contribution is 2.52. The monoisotopic (exact) mass is 266 g/mol. The lowest BCUT2D eigenvalue weighted by Gasteiger charge is -2.36. The first kappa shape index (κ1) is 12.4. The number of anilines is 2. The van der Waals surface area contributed by atoms with Crippen molar-refractivity contribution in [2.24, 2.45) is 0 Å². The second-order valence-corrected chi connectivity index (χ2v) is 5.58. The van der Waals surface area contributed by atoms with Gasteiger partial charge in [0, 0.05) is 31.3 Å². The fourth-order valence-electron chi connectivity index (χ4n) is 3.30. The van der Waals surface area contributed by atoms with Crippen molar-refractivity contribution in [1.82, 2.24) is 0 Å². The van der Waals surface area contributed by atoms with Gasteiger partial charge in [-0.2, -0.15) is 0 Å². The number of alkyl halides is 2. The summed E-state index contributed by atoms with van der Waals surface area (Å²) in [7, 11) is 1.68. The highest BCUT2D eigenvalue weighted by Gasteiger charge is 2.54. The molecule has 1 saturated carbocycles. The largest absolute Gasteiger partial charge is 0.399 e. The SMILES string of the molecule is CN1C(=O)C2(CCC(F)(F)CC2)c2ccc(N)cc21. The van der Waals surface area contributed by atoms with Crippen molar-refractivity contribution in [3.8, 4) is 0 Å². The van der Waals surface area contributed by atoms with E-state index in [-0.39, 0.29) is 31.6 Å². The van der Waals surface area contributed by atoms with Gasteiger partial charge in [0.1, 0.15) is 0 Å². The minimum Gasteiger partial charge on any atom is -0.399 e. The van der Waals surface area contributed by atoms with Crippen LogP contribution in [0.1, 0.15) is 31.2 Å². The highest BCUT2D eigenvalue weighted by molar-refractivity contribution is 6.08. The van der Waals surface area contributed by atoms with Gasteiger partial charge in [0.2, 0.25) is 11.8 Å². The third kappa shape index (κ3) is 1.64. The van der Waals surface area contributed by atoms with Crippen LogP contribution in [0.3, 0.4) is 0 Å². The number of nitrogens with zero attached hydrogens (tertiary/aromatic N) is 1. The average Bonchev–Trinajstić information content (AvgIpc) is 2.56. The number of hydrogen-bond acceptors (Lipinski definition) is 2. The van der Waals surface area contributed by atoms with Gasteiger partial charge in [-0.15, -0.1) is 0 Å². The molecule has 2 aliphatic rings. The number of likely N-dealkylation sites (N-methyl/N-ethyl adjacent to an activating group) is 1. The molecule has 0 atom stereocenters. The number of nitrogen functional groups attached to an aromatic ring is 1. The Morgan fingerprint density at radius 2 is 1.84 bits per heavy atom. The molecule has 0 radical (unpaired) electrons. The van der Waals surface area contributed by atoms with Gasteiger partial charge in [-0.1, -0.05) is 6.07 Å². The molecule has 1 aliphatic carbocycles. The van der Waals surface area contributed by atoms with Crippen LogP contribution in [-0.4, -0.2) is 18.9 Å². The third-order valence-corrected chi connectivity index (χ3v) is 4.45. The van der Waals surface area contributed by atoms with Crippen LogP contribution in [0.4, 0.5) is 20.2 Å². The number of rotatable bonds is 0. The first-order valence-corrected chi connectivity index (χ1v) is 6.42. The first-order chi connectivity index (χ1) is 8.86. The van der Waals surface area contributed by atoms with Gasteiger partial charge in [0.25, 0.3) is 0 Å². The number of hydrogen-bond donors (Lipinski definition) is 1. The van der Waals surface area contributed by atoms with Crippen LogP contribution in [0.15, 0.2) is 18.2 Å². The van der Waals surface area contributed by atoms with Gasteiger partial charge >= 0.3 is 0 Å². The molecule has 3 nitrogen and oxygen atoms in total. The second-order valence-electron chi connectivity index (χ2n) is 5.58. The Morgan fingerprint density at radius 3 is 2.47 bits per heavy atom. The van der Waals surface area contributed by atoms with Gasteiger partial charge in [-0.05, 0) is 30.5 Å². The van der Waals surface area contributed by atoms with Gasteiger partial charge < -0.3 is 10.6 Å². The minimum atomic E-state index is -2.64. The van der Waals surface area contributed by atoms with Gasteiger partial charge in [0.05, 0.1) is 5.41 Å². The minimum absolute atomic E-state index is 0.0800. The Kier molecular flexibility index (Phi) is 2.40. The molecule has 5 heteroatoms. The molecule has 1 aromatic rings. The van der Waals surface area contributed by atoms with Crippen LogP contribution in [0.2, 0.25) is 0 Å². The summed E-state index contributed by atoms with van der Waals surface area (Å²) < 4.78 is 26.7. The smallest absolute Gasteiger partial charge is 0.248 e. The van der Waals surface area contributed by atoms with Crippen LogP contribution < -0.4 is 10.6 Å². The summed E-state index contributed by atoms with van der Waals surface area (Å²) in [5.41, 5.74) is 7.17. The predicted molar refractivity (Wildman–Crippen MR) is 69.4 cm³/mol. The van der Waals surface area contributed by atoms with Crippen LogP contribution in [0, 0.1) is 0 Å². The molecule has 1 aromatic carbocycles. The van der Waals surface area contributed by atoms with E-state index in [1.807, 2.05) is 6.07 Å². The summed E-state index contributed by atoms with van der Waals surface area (Å²) in [6.45, 7) is 0. The maximum atomic E-state index is 13.4. The Balaban J connectivity index is 2.07. The molecule has 102 valence electrons. The number of carbonyl (C=O) groups excluding carboxylic acids is 1. The second kappa shape index (κ2) is 3.68. The van der Waals surface area contributed by atoms with E-state index < -0.39 is 11.3 Å². The number of nitrogens with two attached hydrogens (primary N) is 1. The van der Waals surface area contributed by atoms with Crippen molar-refractivity contribution in [1.29, 1.82) is 0 Å². The van der Waals surface area contributed by atoms with E-state index in [0.29, 0.717) is 5.69 Å². The van der Waals surface area contributed by atoms with E-state index in [1.54, 1.807) is 24.1 Å². The zero-order chi connectivity index (χ0) is 13.8. The molecule has 1 fully saturated rings. The molecule has 1 heterocycles. The average molecular weight is 266 g/mol. The number of fused-ring (bicyclic) bond motifs is 2. The van der Waals surface area contributed by atoms with Gasteiger partial charge in [-0.3, -0.25) is 4.79 Å². The number of carbonyl (C=O) groups is 1. The standard InChI is InChI=1S/C14H16F2N2O/c1-18-11-8-9(17)2-3-10(11)13(12(18)19)4-6-14(15,16)7-5-13/h2-3,8H,4-7,17H2,1H3. The Bertz CT molecular complexity index is 546. The molecular formula is C14H16F2N2O. The molecule has 0 unspecified atom stereocenters. The molecule has 1 amide bonds. The molecule has 0 bridgehead atoms. The van der Waals surface area contributed by atoms with Crippen LogP contribution in [0.5, 0.6) is 0 Å². The van der Waals surface area contributed by atoms with Crippen LogP contribution in [0.25, 0.3) is 0 Å². The molecule has 1 spiro atoms. The zero-order valence-corrected chi connectivity index (χ0v) is 10.7. The fraction of sp³-hybridized carbons (Fsp3) is 0.500. The Hall–Kier alpha value is -1.65. The van der Waals surface area contributed by atoms with Crippen LogP contribution >= 0.6 is 0 Å². The van der Waals surface area contributed by atoms with Gasteiger partial charge in [0.15, 0.2) is 0 Å². The summed E-state index contributed by atoms with van der Waals surface area (Å²) in [6, 6.07) is 5.30. The van der Waals surface area contributed by atoms with E-state index in [9.17, 15) is 13.6 Å². The normalized spacial score (nSPS) is 23.7. The van der Waals surface area contributed by atoms with E-state index in [0.717, 1.165) is 11.3 Å². The maximum absolute atomic E-state index is 13.4. The van der Waals surface area contributed by atoms with E-state index in [4.69, 9.17) is 5.73 Å². The molecule has 0 aromatic heterocycles. The lowest BCUT2D eigenvalue weighted by Crippen LogP contribution is -2.44. The Labute approximate surface area is 110 Å². The van der Waals surface area contributed by atoms with Gasteiger partial charge in [-0.25, -0.2) is 8.78 Å². The summed E-state index contributed by atoms with van der Waals surface area (Å²) in [6.07, 6.45) is -0.0347. The van der Waals surface area contributed by atoms with Crippen molar-refractivity contribution >= 4 is 17.3 Å². The topological polar surface area (TPSA) is 46.3 Å². The summed E-state index contributed by atoms with van der Waals surface area (Å²) in [5.74, 6) is -2.72. The van der Waals surface area contributed by atoms with E-state index in [2.05, 4.69) is 0 Å². The van der Waals surface area contributed by atoms with Crippen LogP contribution in [-0.2, 0) is 10.2 Å². The van der Waals surface area contributed by atoms with E-state index >= 15 is 0 Å². The van der Waals surface area contributed by atoms with Crippen molar-refractivity contribution in [2.75, 3.05) is 17.7 Å². The molecule has 2 N–H and O–H groups in total. The Morgan fingerprint density at radius 1 is 1.21 bits per heavy atom. The molecule has 1 aliphatic heterocycles. The maximum Gasteiger partial charge on any atom is 0.248 e. The molecule has 0 saturated heterocycles. The number of benzene rings is 1. The quantitative estimate of drug-likeness (QED) is 0.734. The van der Waals surface area contributed by atoms with Crippen molar-refractivity contribution in [2.45, 2.75) is 37.0 Å². The molecule has 19 heavy (non-hydrogen) atoms. The number of halogens is 2. The zero-order valence-electron chi connectivity index (χ0n) is 10.7. The lowest BCUT2D eigenvalue weighted by molar-refractivity contribution is -0.127. The predicted octanol–water partition coefficient (Wildman–Crippen LogP) is 2.69. The van der Waals surface area contributed by atoms with Crippen molar-refractivity contribution in [3.05, 3.63) is 23.8 Å². The lowest BCUT2D eigenvalue weighted by atomic mass is 9.69. The van der Waals surface area contributed by atoms with Crippen molar-refractivity contribution in [3.63, 3.8) is 0 Å². The summed E-state index contributed by atoms with van der Waals surface area (Å²) in [4.78, 5) is 14.1. The van der Waals surface area contributed by atoms with Crippen molar-refractivity contribution < 1.29 is 13.6 Å². The fourth-order valence-corrected chi connectivity index (χ4v) is 3.30. The summed E-state index contributed by atoms with van der Waals surface area (Å²) >= 11 is 0. The molecule has 3 rings (SSSR count). The highest BCUT2D eigenvalue weighted by atomic mass is 19.3. The number of amides is 1. The van der Waals surface area contributed by atoms with E-state index in [1.165, 1.54) is 0 Å². The first-order valence-electron chi connectivity index (χ1n) is 6.42. The third-order valence-electron chi connectivity index (χ3n) is 4.45. The molecular weight excluding hydrogens is 250 g/mol.